The SMILES string of the molecule is CC[C@@H](NC(=O)N1CCCC1CCCO)C(=O)O. The number of hydrogen-bond donors (Lipinski definition) is 3. The van der Waals surface area contributed by atoms with E-state index in [2.05, 4.69) is 5.32 Å². The molecule has 104 valence electrons. The summed E-state index contributed by atoms with van der Waals surface area (Å²) in [5.74, 6) is -1.00. The molecule has 2 atom stereocenters. The minimum Gasteiger partial charge on any atom is -0.480 e. The summed E-state index contributed by atoms with van der Waals surface area (Å²) in [5.41, 5.74) is 0. The Hall–Kier alpha value is -1.30. The Morgan fingerprint density at radius 2 is 2.22 bits per heavy atom. The first-order valence-corrected chi connectivity index (χ1v) is 6.51. The van der Waals surface area contributed by atoms with E-state index in [0.717, 1.165) is 19.3 Å². The van der Waals surface area contributed by atoms with Gasteiger partial charge in [-0.15, -0.1) is 0 Å². The predicted octanol–water partition coefficient (Wildman–Crippen LogP) is 0.796. The van der Waals surface area contributed by atoms with E-state index in [0.29, 0.717) is 19.4 Å². The van der Waals surface area contributed by atoms with Gasteiger partial charge in [-0.25, -0.2) is 9.59 Å². The van der Waals surface area contributed by atoms with Gasteiger partial charge in [-0.2, -0.15) is 0 Å². The molecule has 1 heterocycles. The summed E-state index contributed by atoms with van der Waals surface area (Å²) >= 11 is 0. The van der Waals surface area contributed by atoms with Crippen LogP contribution in [0.1, 0.15) is 39.0 Å². The molecule has 0 spiro atoms. The summed E-state index contributed by atoms with van der Waals surface area (Å²) < 4.78 is 0. The van der Waals surface area contributed by atoms with Crippen LogP contribution in [0.5, 0.6) is 0 Å². The highest BCUT2D eigenvalue weighted by Crippen LogP contribution is 2.21. The van der Waals surface area contributed by atoms with E-state index in [1.54, 1.807) is 11.8 Å². The Morgan fingerprint density at radius 3 is 2.78 bits per heavy atom. The second kappa shape index (κ2) is 7.20. The van der Waals surface area contributed by atoms with Gasteiger partial charge in [0.15, 0.2) is 0 Å². The number of carbonyl (C=O) groups excluding carboxylic acids is 1. The Labute approximate surface area is 107 Å². The molecule has 0 saturated carbocycles. The molecule has 1 rings (SSSR count). The molecular weight excluding hydrogens is 236 g/mol. The van der Waals surface area contributed by atoms with Crippen LogP contribution in [0.2, 0.25) is 0 Å². The monoisotopic (exact) mass is 258 g/mol. The average Bonchev–Trinajstić information content (AvgIpc) is 2.80. The van der Waals surface area contributed by atoms with Gasteiger partial charge < -0.3 is 20.4 Å². The fourth-order valence-electron chi connectivity index (χ4n) is 2.30. The molecule has 1 aliphatic rings. The van der Waals surface area contributed by atoms with Crippen LogP contribution in [0.15, 0.2) is 0 Å². The van der Waals surface area contributed by atoms with Crippen molar-refractivity contribution in [1.82, 2.24) is 10.2 Å². The topological polar surface area (TPSA) is 89.9 Å². The van der Waals surface area contributed by atoms with Gasteiger partial charge in [-0.1, -0.05) is 6.92 Å². The number of aliphatic carboxylic acids is 1. The molecule has 1 fully saturated rings. The smallest absolute Gasteiger partial charge is 0.326 e. The number of aliphatic hydroxyl groups is 1. The molecule has 0 radical (unpaired) electrons. The molecule has 18 heavy (non-hydrogen) atoms. The quantitative estimate of drug-likeness (QED) is 0.657. The highest BCUT2D eigenvalue weighted by Gasteiger charge is 2.30. The third-order valence-corrected chi connectivity index (χ3v) is 3.34. The first kappa shape index (κ1) is 14.8. The Kier molecular flexibility index (Phi) is 5.91. The summed E-state index contributed by atoms with van der Waals surface area (Å²) in [5, 5.41) is 20.3. The van der Waals surface area contributed by atoms with Gasteiger partial charge in [0.25, 0.3) is 0 Å². The van der Waals surface area contributed by atoms with Gasteiger partial charge >= 0.3 is 12.0 Å². The maximum absolute atomic E-state index is 12.0. The minimum atomic E-state index is -1.00. The molecule has 1 aliphatic heterocycles. The zero-order chi connectivity index (χ0) is 13.5. The van der Waals surface area contributed by atoms with E-state index in [-0.39, 0.29) is 18.7 Å². The maximum Gasteiger partial charge on any atom is 0.326 e. The van der Waals surface area contributed by atoms with Crippen LogP contribution in [-0.2, 0) is 4.79 Å². The lowest BCUT2D eigenvalue weighted by molar-refractivity contribution is -0.139. The molecule has 6 nitrogen and oxygen atoms in total. The number of carbonyl (C=O) groups is 2. The standard InChI is InChI=1S/C12H22N2O4/c1-2-10(11(16)17)13-12(18)14-7-3-5-9(14)6-4-8-15/h9-10,15H,2-8H2,1H3,(H,13,18)(H,16,17)/t9?,10-/m1/s1. The molecule has 6 heteroatoms. The molecule has 2 amide bonds. The molecule has 1 unspecified atom stereocenters. The van der Waals surface area contributed by atoms with Crippen LogP contribution in [0.25, 0.3) is 0 Å². The zero-order valence-electron chi connectivity index (χ0n) is 10.8. The second-order valence-electron chi connectivity index (χ2n) is 4.60. The van der Waals surface area contributed by atoms with Gasteiger partial charge in [-0.3, -0.25) is 0 Å². The van der Waals surface area contributed by atoms with Gasteiger partial charge in [0.2, 0.25) is 0 Å². The number of amides is 2. The number of hydrogen-bond acceptors (Lipinski definition) is 3. The van der Waals surface area contributed by atoms with Crippen molar-refractivity contribution in [3.05, 3.63) is 0 Å². The number of likely N-dealkylation sites (tertiary alicyclic amines) is 1. The molecule has 0 bridgehead atoms. The molecule has 0 aromatic rings. The third kappa shape index (κ3) is 3.87. The van der Waals surface area contributed by atoms with E-state index in [1.165, 1.54) is 0 Å². The maximum atomic E-state index is 12.0. The largest absolute Gasteiger partial charge is 0.480 e. The van der Waals surface area contributed by atoms with Gasteiger partial charge in [0.05, 0.1) is 0 Å². The van der Waals surface area contributed by atoms with Crippen molar-refractivity contribution < 1.29 is 19.8 Å². The number of nitrogens with zero attached hydrogens (tertiary/aromatic N) is 1. The lowest BCUT2D eigenvalue weighted by Crippen LogP contribution is -2.49. The van der Waals surface area contributed by atoms with Crippen molar-refractivity contribution in [3.8, 4) is 0 Å². The van der Waals surface area contributed by atoms with Crippen molar-refractivity contribution in [1.29, 1.82) is 0 Å². The Balaban J connectivity index is 2.51. The first-order valence-electron chi connectivity index (χ1n) is 6.51. The third-order valence-electron chi connectivity index (χ3n) is 3.34. The number of carboxylic acids is 1. The van der Waals surface area contributed by atoms with Crippen molar-refractivity contribution in [2.75, 3.05) is 13.2 Å². The van der Waals surface area contributed by atoms with E-state index >= 15 is 0 Å². The van der Waals surface area contributed by atoms with E-state index in [9.17, 15) is 9.59 Å². The molecule has 0 aliphatic carbocycles. The summed E-state index contributed by atoms with van der Waals surface area (Å²) in [6, 6.07) is -0.996. The first-order chi connectivity index (χ1) is 8.60. The fourth-order valence-corrected chi connectivity index (χ4v) is 2.30. The summed E-state index contributed by atoms with van der Waals surface area (Å²) in [7, 11) is 0. The Morgan fingerprint density at radius 1 is 1.50 bits per heavy atom. The summed E-state index contributed by atoms with van der Waals surface area (Å²) in [6.07, 6.45) is 3.68. The zero-order valence-corrected chi connectivity index (χ0v) is 10.8. The van der Waals surface area contributed by atoms with Crippen molar-refractivity contribution in [2.24, 2.45) is 0 Å². The predicted molar refractivity (Wildman–Crippen MR) is 66.3 cm³/mol. The van der Waals surface area contributed by atoms with Crippen LogP contribution in [-0.4, -0.2) is 52.3 Å². The summed E-state index contributed by atoms with van der Waals surface area (Å²) in [4.78, 5) is 24.5. The van der Waals surface area contributed by atoms with Gasteiger partial charge in [0, 0.05) is 19.2 Å². The molecule has 1 saturated heterocycles. The van der Waals surface area contributed by atoms with Crippen molar-refractivity contribution in [2.45, 2.75) is 51.1 Å². The van der Waals surface area contributed by atoms with Gasteiger partial charge in [-0.05, 0) is 32.1 Å². The van der Waals surface area contributed by atoms with Crippen LogP contribution in [0, 0.1) is 0 Å². The average molecular weight is 258 g/mol. The number of rotatable bonds is 6. The highest BCUT2D eigenvalue weighted by atomic mass is 16.4. The van der Waals surface area contributed by atoms with E-state index < -0.39 is 12.0 Å². The van der Waals surface area contributed by atoms with Crippen LogP contribution in [0.3, 0.4) is 0 Å². The molecular formula is C12H22N2O4. The van der Waals surface area contributed by atoms with E-state index in [4.69, 9.17) is 10.2 Å². The highest BCUT2D eigenvalue weighted by molar-refractivity contribution is 5.82. The molecule has 0 aromatic heterocycles. The number of carboxylic acid groups (broad SMARTS) is 1. The van der Waals surface area contributed by atoms with Crippen LogP contribution in [0.4, 0.5) is 4.79 Å². The summed E-state index contributed by atoms with van der Waals surface area (Å²) in [6.45, 7) is 2.52. The van der Waals surface area contributed by atoms with Crippen molar-refractivity contribution >= 4 is 12.0 Å². The fraction of sp³-hybridized carbons (Fsp3) is 0.833. The van der Waals surface area contributed by atoms with Gasteiger partial charge in [0.1, 0.15) is 6.04 Å². The number of aliphatic hydroxyl groups excluding tert-OH is 1. The number of nitrogens with one attached hydrogen (secondary N) is 1. The van der Waals surface area contributed by atoms with Crippen molar-refractivity contribution in [3.63, 3.8) is 0 Å². The van der Waals surface area contributed by atoms with E-state index in [1.807, 2.05) is 0 Å². The van der Waals surface area contributed by atoms with Crippen LogP contribution >= 0.6 is 0 Å². The molecule has 0 aromatic carbocycles. The van der Waals surface area contributed by atoms with Crippen LogP contribution < -0.4 is 5.32 Å². The lowest BCUT2D eigenvalue weighted by Gasteiger charge is -2.26. The lowest BCUT2D eigenvalue weighted by atomic mass is 10.1. The second-order valence-corrected chi connectivity index (χ2v) is 4.60. The molecule has 3 N–H and O–H groups in total. The Bertz CT molecular complexity index is 296. The normalized spacial score (nSPS) is 20.8. The minimum absolute atomic E-state index is 0.124. The number of urea groups is 1.